The molecular formula is C15H13N5O3. The number of rotatable bonds is 2. The van der Waals surface area contributed by atoms with Crippen LogP contribution < -0.4 is 10.6 Å². The first kappa shape index (κ1) is 13.5. The van der Waals surface area contributed by atoms with E-state index in [0.29, 0.717) is 17.3 Å². The van der Waals surface area contributed by atoms with Gasteiger partial charge in [0.2, 0.25) is 0 Å². The lowest BCUT2D eigenvalue weighted by Crippen LogP contribution is -2.22. The highest BCUT2D eigenvalue weighted by Crippen LogP contribution is 2.28. The average Bonchev–Trinajstić information content (AvgIpc) is 3.20. The van der Waals surface area contributed by atoms with E-state index in [4.69, 9.17) is 4.42 Å². The van der Waals surface area contributed by atoms with E-state index in [1.54, 1.807) is 0 Å². The summed E-state index contributed by atoms with van der Waals surface area (Å²) in [5.41, 5.74) is 1.93. The van der Waals surface area contributed by atoms with Gasteiger partial charge in [0.05, 0.1) is 0 Å². The van der Waals surface area contributed by atoms with Gasteiger partial charge in [0.25, 0.3) is 5.91 Å². The number of hydrogen-bond acceptors (Lipinski definition) is 5. The molecule has 2 aliphatic rings. The molecule has 0 aromatic carbocycles. The smallest absolute Gasteiger partial charge is 0.322 e. The molecule has 0 spiro atoms. The molecule has 1 atom stereocenters. The number of nitrogens with one attached hydrogen (secondary N) is 3. The summed E-state index contributed by atoms with van der Waals surface area (Å²) in [5, 5.41) is 11.4. The largest absolute Gasteiger partial charge is 0.459 e. The molecule has 0 radical (unpaired) electrons. The van der Waals surface area contributed by atoms with Gasteiger partial charge in [-0.25, -0.2) is 9.78 Å². The molecule has 1 fully saturated rings. The molecule has 1 saturated heterocycles. The first-order valence-electron chi connectivity index (χ1n) is 7.18. The van der Waals surface area contributed by atoms with Gasteiger partial charge in [0, 0.05) is 5.57 Å². The summed E-state index contributed by atoms with van der Waals surface area (Å²) < 4.78 is 5.77. The Morgan fingerprint density at radius 3 is 2.91 bits per heavy atom. The Morgan fingerprint density at radius 2 is 2.17 bits per heavy atom. The Bertz CT molecular complexity index is 831. The Hall–Kier alpha value is -3.16. The second-order valence-electron chi connectivity index (χ2n) is 5.30. The van der Waals surface area contributed by atoms with Crippen LogP contribution in [0.25, 0.3) is 11.6 Å². The number of amides is 3. The summed E-state index contributed by atoms with van der Waals surface area (Å²) in [5.74, 6) is 1.41. The third-order valence-corrected chi connectivity index (χ3v) is 3.80. The van der Waals surface area contributed by atoms with Crippen LogP contribution >= 0.6 is 0 Å². The van der Waals surface area contributed by atoms with E-state index < -0.39 is 18.0 Å². The van der Waals surface area contributed by atoms with Crippen LogP contribution in [0.3, 0.4) is 0 Å². The maximum Gasteiger partial charge on any atom is 0.322 e. The molecule has 23 heavy (non-hydrogen) atoms. The summed E-state index contributed by atoms with van der Waals surface area (Å²) in [7, 11) is 0. The van der Waals surface area contributed by atoms with E-state index in [1.165, 1.54) is 6.33 Å². The van der Waals surface area contributed by atoms with Gasteiger partial charge in [0.1, 0.15) is 17.8 Å². The summed E-state index contributed by atoms with van der Waals surface area (Å²) >= 11 is 0. The van der Waals surface area contributed by atoms with Gasteiger partial charge in [-0.1, -0.05) is 6.08 Å². The fourth-order valence-corrected chi connectivity index (χ4v) is 2.70. The molecule has 2 aromatic heterocycles. The molecule has 3 N–H and O–H groups in total. The number of aromatic amines is 1. The molecular weight excluding hydrogens is 298 g/mol. The number of aromatic nitrogens is 3. The third-order valence-electron chi connectivity index (χ3n) is 3.80. The zero-order valence-electron chi connectivity index (χ0n) is 12.0. The zero-order valence-corrected chi connectivity index (χ0v) is 12.0. The summed E-state index contributed by atoms with van der Waals surface area (Å²) in [4.78, 5) is 27.1. The lowest BCUT2D eigenvalue weighted by molar-refractivity contribution is -0.120. The Kier molecular flexibility index (Phi) is 3.07. The minimum absolute atomic E-state index is 0.402. The number of imide groups is 1. The molecule has 0 saturated carbocycles. The molecule has 8 nitrogen and oxygen atoms in total. The molecule has 4 rings (SSSR count). The fourth-order valence-electron chi connectivity index (χ4n) is 2.70. The summed E-state index contributed by atoms with van der Waals surface area (Å²) in [6.45, 7) is 0. The summed E-state index contributed by atoms with van der Waals surface area (Å²) in [6, 6.07) is 0.544. The number of urea groups is 1. The number of carbonyl (C=O) groups excluding carboxylic acids is 2. The molecule has 116 valence electrons. The molecule has 1 aliphatic heterocycles. The van der Waals surface area contributed by atoms with Crippen LogP contribution in [0.4, 0.5) is 4.79 Å². The van der Waals surface area contributed by atoms with Crippen molar-refractivity contribution < 1.29 is 14.0 Å². The average molecular weight is 311 g/mol. The first-order chi connectivity index (χ1) is 11.2. The summed E-state index contributed by atoms with van der Waals surface area (Å²) in [6.07, 6.45) is 8.82. The van der Waals surface area contributed by atoms with Gasteiger partial charge in [-0.2, -0.15) is 5.10 Å². The van der Waals surface area contributed by atoms with E-state index in [0.717, 1.165) is 24.0 Å². The van der Waals surface area contributed by atoms with Gasteiger partial charge < -0.3 is 9.73 Å². The Morgan fingerprint density at radius 1 is 1.26 bits per heavy atom. The molecule has 0 bridgehead atoms. The second kappa shape index (κ2) is 5.24. The SMILES string of the molecule is O=C1NC(=O)C(c2cc3c(o2)/C=C\C(c2ncn[nH]2)=C/CC3)N1. The van der Waals surface area contributed by atoms with E-state index in [-0.39, 0.29) is 0 Å². The lowest BCUT2D eigenvalue weighted by Gasteiger charge is -2.03. The van der Waals surface area contributed by atoms with E-state index in [1.807, 2.05) is 18.2 Å². The molecule has 2 aromatic rings. The molecule has 8 heteroatoms. The van der Waals surface area contributed by atoms with E-state index in [2.05, 4.69) is 31.9 Å². The highest BCUT2D eigenvalue weighted by atomic mass is 16.3. The van der Waals surface area contributed by atoms with Crippen LogP contribution in [0.15, 0.2) is 29.0 Å². The molecule has 1 aliphatic carbocycles. The number of aryl methyl sites for hydroxylation is 1. The van der Waals surface area contributed by atoms with Gasteiger partial charge in [0.15, 0.2) is 11.9 Å². The topological polar surface area (TPSA) is 113 Å². The maximum absolute atomic E-state index is 11.7. The number of hydrogen-bond donors (Lipinski definition) is 3. The number of allylic oxidation sites excluding steroid dienone is 3. The van der Waals surface area contributed by atoms with Crippen LogP contribution in [0.1, 0.15) is 35.4 Å². The minimum Gasteiger partial charge on any atom is -0.459 e. The first-order valence-corrected chi connectivity index (χ1v) is 7.18. The lowest BCUT2D eigenvalue weighted by atomic mass is 10.0. The zero-order chi connectivity index (χ0) is 15.8. The minimum atomic E-state index is -0.772. The fraction of sp³-hybridized carbons (Fsp3) is 0.200. The van der Waals surface area contributed by atoms with Gasteiger partial charge in [-0.15, -0.1) is 0 Å². The monoisotopic (exact) mass is 311 g/mol. The molecule has 3 heterocycles. The predicted octanol–water partition coefficient (Wildman–Crippen LogP) is 1.32. The van der Waals surface area contributed by atoms with Crippen molar-refractivity contribution in [2.75, 3.05) is 0 Å². The van der Waals surface area contributed by atoms with E-state index in [9.17, 15) is 9.59 Å². The van der Waals surface area contributed by atoms with Crippen molar-refractivity contribution in [3.63, 3.8) is 0 Å². The van der Waals surface area contributed by atoms with Crippen LogP contribution in [-0.2, 0) is 11.2 Å². The maximum atomic E-state index is 11.7. The van der Waals surface area contributed by atoms with Gasteiger partial charge in [-0.05, 0) is 36.6 Å². The third kappa shape index (κ3) is 2.44. The highest BCUT2D eigenvalue weighted by Gasteiger charge is 2.34. The van der Waals surface area contributed by atoms with E-state index >= 15 is 0 Å². The standard InChI is InChI=1S/C15H13N5O3/c21-14-12(18-15(22)19-14)11-6-9-3-1-2-8(4-5-10(9)23-11)13-16-7-17-20-13/h2,4-7,12H,1,3H2,(H,16,17,20)(H2,18,19,21,22)/b5-4-,8-2+. The van der Waals surface area contributed by atoms with Crippen LogP contribution in [0, 0.1) is 0 Å². The Balaban J connectivity index is 1.64. The molecule has 1 unspecified atom stereocenters. The second-order valence-corrected chi connectivity index (χ2v) is 5.30. The van der Waals surface area contributed by atoms with Crippen molar-refractivity contribution >= 4 is 23.6 Å². The molecule has 3 amide bonds. The number of furan rings is 1. The van der Waals surface area contributed by atoms with Crippen molar-refractivity contribution in [1.29, 1.82) is 0 Å². The van der Waals surface area contributed by atoms with Crippen molar-refractivity contribution in [3.05, 3.63) is 47.5 Å². The Labute approximate surface area is 130 Å². The number of H-pyrrole nitrogens is 1. The normalized spacial score (nSPS) is 24.0. The quantitative estimate of drug-likeness (QED) is 0.724. The van der Waals surface area contributed by atoms with Crippen LogP contribution in [0.2, 0.25) is 0 Å². The van der Waals surface area contributed by atoms with Crippen molar-refractivity contribution in [1.82, 2.24) is 25.8 Å². The predicted molar refractivity (Wildman–Crippen MR) is 79.8 cm³/mol. The number of carbonyl (C=O) groups is 2. The highest BCUT2D eigenvalue weighted by molar-refractivity contribution is 6.04. The van der Waals surface area contributed by atoms with Gasteiger partial charge in [-0.3, -0.25) is 15.2 Å². The number of nitrogens with zero attached hydrogens (tertiary/aromatic N) is 2. The van der Waals surface area contributed by atoms with Crippen LogP contribution in [-0.4, -0.2) is 27.1 Å². The van der Waals surface area contributed by atoms with Crippen LogP contribution in [0.5, 0.6) is 0 Å². The van der Waals surface area contributed by atoms with Crippen molar-refractivity contribution in [2.45, 2.75) is 18.9 Å². The van der Waals surface area contributed by atoms with Gasteiger partial charge >= 0.3 is 6.03 Å². The number of fused-ring (bicyclic) bond motifs is 1. The van der Waals surface area contributed by atoms with Crippen molar-refractivity contribution in [3.8, 4) is 0 Å². The van der Waals surface area contributed by atoms with Crippen molar-refractivity contribution in [2.24, 2.45) is 0 Å².